The molecule has 2 aromatic carbocycles. The average Bonchev–Trinajstić information content (AvgIpc) is 2.71. The number of ether oxygens (including phenoxy) is 1. The third-order valence-electron chi connectivity index (χ3n) is 4.68. The Bertz CT molecular complexity index is 1010. The molecule has 150 valence electrons. The van der Waals surface area contributed by atoms with Crippen LogP contribution in [0.15, 0.2) is 59.9 Å². The third kappa shape index (κ3) is 5.57. The molecule has 0 aliphatic carbocycles. The molecule has 5 nitrogen and oxygen atoms in total. The van der Waals surface area contributed by atoms with Crippen molar-refractivity contribution >= 4 is 17.7 Å². The third-order valence-corrected chi connectivity index (χ3v) is 5.64. The van der Waals surface area contributed by atoms with Crippen LogP contribution in [-0.2, 0) is 4.79 Å². The molecule has 1 amide bonds. The lowest BCUT2D eigenvalue weighted by Gasteiger charge is -2.16. The minimum Gasteiger partial charge on any atom is -0.436 e. The molecule has 0 radical (unpaired) electrons. The summed E-state index contributed by atoms with van der Waals surface area (Å²) >= 11 is 1.31. The lowest BCUT2D eigenvalue weighted by molar-refractivity contribution is -0.119. The van der Waals surface area contributed by atoms with Crippen LogP contribution in [0.25, 0.3) is 0 Å². The van der Waals surface area contributed by atoms with E-state index in [-0.39, 0.29) is 17.7 Å². The van der Waals surface area contributed by atoms with Crippen molar-refractivity contribution in [3.63, 3.8) is 0 Å². The van der Waals surface area contributed by atoms with Gasteiger partial charge < -0.3 is 10.1 Å². The van der Waals surface area contributed by atoms with Crippen LogP contribution in [0.2, 0.25) is 0 Å². The summed E-state index contributed by atoms with van der Waals surface area (Å²) in [5.74, 6) is 1.30. The largest absolute Gasteiger partial charge is 0.436 e. The summed E-state index contributed by atoms with van der Waals surface area (Å²) in [4.78, 5) is 21.1. The minimum absolute atomic E-state index is 0.0618. The van der Waals surface area contributed by atoms with E-state index in [1.54, 1.807) is 12.4 Å². The standard InChI is InChI=1S/C23H25N3O2S/c1-15-9-10-19(13-17(15)3)18(4)26-21(27)14-29-23-22(24-11-12-25-23)28-20-8-6-5-7-16(20)2/h5-13,18H,14H2,1-4H3,(H,26,27). The van der Waals surface area contributed by atoms with Crippen molar-refractivity contribution in [1.82, 2.24) is 15.3 Å². The van der Waals surface area contributed by atoms with Crippen molar-refractivity contribution in [2.24, 2.45) is 0 Å². The van der Waals surface area contributed by atoms with Gasteiger partial charge in [0.05, 0.1) is 11.8 Å². The highest BCUT2D eigenvalue weighted by molar-refractivity contribution is 8.00. The Balaban J connectivity index is 1.61. The quantitative estimate of drug-likeness (QED) is 0.548. The zero-order valence-corrected chi connectivity index (χ0v) is 17.9. The van der Waals surface area contributed by atoms with E-state index in [1.807, 2.05) is 38.1 Å². The number of carbonyl (C=O) groups is 1. The predicted molar refractivity (Wildman–Crippen MR) is 116 cm³/mol. The molecule has 1 atom stereocenters. The number of nitrogens with one attached hydrogen (secondary N) is 1. The van der Waals surface area contributed by atoms with Crippen LogP contribution in [-0.4, -0.2) is 21.6 Å². The number of hydrogen-bond donors (Lipinski definition) is 1. The number of thioether (sulfide) groups is 1. The van der Waals surface area contributed by atoms with E-state index in [0.29, 0.717) is 10.9 Å². The summed E-state index contributed by atoms with van der Waals surface area (Å²) < 4.78 is 5.92. The van der Waals surface area contributed by atoms with Crippen LogP contribution in [0.1, 0.15) is 35.2 Å². The molecule has 0 saturated heterocycles. The van der Waals surface area contributed by atoms with Crippen LogP contribution in [0.3, 0.4) is 0 Å². The fourth-order valence-corrected chi connectivity index (χ4v) is 3.50. The number of carbonyl (C=O) groups excluding carboxylic acids is 1. The highest BCUT2D eigenvalue weighted by atomic mass is 32.2. The molecule has 1 N–H and O–H groups in total. The first-order valence-corrected chi connectivity index (χ1v) is 10.5. The normalized spacial score (nSPS) is 11.7. The van der Waals surface area contributed by atoms with Crippen LogP contribution in [0, 0.1) is 20.8 Å². The first-order valence-electron chi connectivity index (χ1n) is 9.48. The lowest BCUT2D eigenvalue weighted by Crippen LogP contribution is -2.28. The van der Waals surface area contributed by atoms with Gasteiger partial charge >= 0.3 is 0 Å². The summed E-state index contributed by atoms with van der Waals surface area (Å²) in [5.41, 5.74) is 4.56. The molecule has 6 heteroatoms. The maximum Gasteiger partial charge on any atom is 0.252 e. The summed E-state index contributed by atoms with van der Waals surface area (Å²) in [7, 11) is 0. The monoisotopic (exact) mass is 407 g/mol. The molecular weight excluding hydrogens is 382 g/mol. The van der Waals surface area contributed by atoms with Crippen LogP contribution < -0.4 is 10.1 Å². The molecule has 0 aliphatic heterocycles. The number of nitrogens with zero attached hydrogens (tertiary/aromatic N) is 2. The second-order valence-electron chi connectivity index (χ2n) is 6.96. The Kier molecular flexibility index (Phi) is 6.88. The van der Waals surface area contributed by atoms with E-state index < -0.39 is 0 Å². The van der Waals surface area contributed by atoms with E-state index in [1.165, 1.54) is 22.9 Å². The Morgan fingerprint density at radius 1 is 1.03 bits per heavy atom. The fraction of sp³-hybridized carbons (Fsp3) is 0.261. The maximum absolute atomic E-state index is 12.5. The molecule has 1 aromatic heterocycles. The van der Waals surface area contributed by atoms with Gasteiger partial charge in [0, 0.05) is 12.4 Å². The molecule has 0 aliphatic rings. The van der Waals surface area contributed by atoms with Gasteiger partial charge in [-0.1, -0.05) is 48.2 Å². The van der Waals surface area contributed by atoms with Crippen molar-refractivity contribution in [1.29, 1.82) is 0 Å². The highest BCUT2D eigenvalue weighted by Gasteiger charge is 2.14. The first kappa shape index (κ1) is 20.9. The average molecular weight is 408 g/mol. The van der Waals surface area contributed by atoms with Crippen molar-refractivity contribution in [2.45, 2.75) is 38.8 Å². The van der Waals surface area contributed by atoms with Crippen molar-refractivity contribution in [3.8, 4) is 11.6 Å². The van der Waals surface area contributed by atoms with Gasteiger partial charge in [-0.15, -0.1) is 0 Å². The molecule has 3 aromatic rings. The molecule has 1 unspecified atom stereocenters. The van der Waals surface area contributed by atoms with Crippen molar-refractivity contribution in [2.75, 3.05) is 5.75 Å². The Hall–Kier alpha value is -2.86. The van der Waals surface area contributed by atoms with Gasteiger partial charge in [0.25, 0.3) is 5.88 Å². The van der Waals surface area contributed by atoms with Gasteiger partial charge in [-0.25, -0.2) is 9.97 Å². The van der Waals surface area contributed by atoms with Gasteiger partial charge in [-0.3, -0.25) is 4.79 Å². The molecule has 29 heavy (non-hydrogen) atoms. The lowest BCUT2D eigenvalue weighted by atomic mass is 10.0. The highest BCUT2D eigenvalue weighted by Crippen LogP contribution is 2.30. The SMILES string of the molecule is Cc1ccc(C(C)NC(=O)CSc2nccnc2Oc2ccccc2C)cc1C. The fourth-order valence-electron chi connectivity index (χ4n) is 2.79. The van der Waals surface area contributed by atoms with E-state index in [0.717, 1.165) is 16.9 Å². The molecule has 0 spiro atoms. The van der Waals surface area contributed by atoms with E-state index in [4.69, 9.17) is 4.74 Å². The first-order chi connectivity index (χ1) is 13.9. The number of aryl methyl sites for hydroxylation is 3. The molecule has 0 bridgehead atoms. The molecule has 3 rings (SSSR count). The molecule has 0 saturated carbocycles. The predicted octanol–water partition coefficient (Wildman–Crippen LogP) is 5.16. The van der Waals surface area contributed by atoms with Gasteiger partial charge in [0.15, 0.2) is 5.03 Å². The Morgan fingerprint density at radius 2 is 1.79 bits per heavy atom. The van der Waals surface area contributed by atoms with E-state index in [2.05, 4.69) is 47.3 Å². The number of rotatable bonds is 7. The zero-order chi connectivity index (χ0) is 20.8. The van der Waals surface area contributed by atoms with E-state index >= 15 is 0 Å². The van der Waals surface area contributed by atoms with Gasteiger partial charge in [0.1, 0.15) is 5.75 Å². The topological polar surface area (TPSA) is 64.1 Å². The second kappa shape index (κ2) is 9.56. The smallest absolute Gasteiger partial charge is 0.252 e. The summed E-state index contributed by atoms with van der Waals surface area (Å²) in [5, 5.41) is 3.63. The maximum atomic E-state index is 12.5. The van der Waals surface area contributed by atoms with Crippen LogP contribution in [0.5, 0.6) is 11.6 Å². The van der Waals surface area contributed by atoms with Crippen LogP contribution >= 0.6 is 11.8 Å². The zero-order valence-electron chi connectivity index (χ0n) is 17.1. The number of aromatic nitrogens is 2. The van der Waals surface area contributed by atoms with Crippen LogP contribution in [0.4, 0.5) is 0 Å². The second-order valence-corrected chi connectivity index (χ2v) is 7.92. The minimum atomic E-state index is -0.0630. The number of amides is 1. The van der Waals surface area contributed by atoms with Gasteiger partial charge in [-0.05, 0) is 56.0 Å². The van der Waals surface area contributed by atoms with Gasteiger partial charge in [-0.2, -0.15) is 0 Å². The number of para-hydroxylation sites is 1. The molecular formula is C23H25N3O2S. The Labute approximate surface area is 175 Å². The summed E-state index contributed by atoms with van der Waals surface area (Å²) in [6.45, 7) is 8.12. The summed E-state index contributed by atoms with van der Waals surface area (Å²) in [6, 6.07) is 13.9. The Morgan fingerprint density at radius 3 is 2.55 bits per heavy atom. The molecule has 1 heterocycles. The van der Waals surface area contributed by atoms with Crippen molar-refractivity contribution < 1.29 is 9.53 Å². The van der Waals surface area contributed by atoms with E-state index in [9.17, 15) is 4.79 Å². The number of benzene rings is 2. The molecule has 0 fully saturated rings. The summed E-state index contributed by atoms with van der Waals surface area (Å²) in [6.07, 6.45) is 3.18. The number of hydrogen-bond acceptors (Lipinski definition) is 5. The van der Waals surface area contributed by atoms with Crippen molar-refractivity contribution in [3.05, 3.63) is 77.1 Å². The van der Waals surface area contributed by atoms with Gasteiger partial charge in [0.2, 0.25) is 5.91 Å².